The summed E-state index contributed by atoms with van der Waals surface area (Å²) in [4.78, 5) is 2.61. The van der Waals surface area contributed by atoms with Crippen LogP contribution in [0.3, 0.4) is 0 Å². The molecule has 1 heterocycles. The normalized spacial score (nSPS) is 20.5. The fourth-order valence-electron chi connectivity index (χ4n) is 3.02. The van der Waals surface area contributed by atoms with Crippen molar-refractivity contribution in [3.05, 3.63) is 29.3 Å². The van der Waals surface area contributed by atoms with E-state index >= 15 is 0 Å². The first-order valence-corrected chi connectivity index (χ1v) is 7.38. The molecule has 0 aromatic heterocycles. The van der Waals surface area contributed by atoms with Crippen molar-refractivity contribution in [2.45, 2.75) is 51.7 Å². The smallest absolute Gasteiger partial charge is 0.123 e. The van der Waals surface area contributed by atoms with Gasteiger partial charge in [-0.1, -0.05) is 25.5 Å². The van der Waals surface area contributed by atoms with Crippen LogP contribution in [0.15, 0.2) is 18.2 Å². The predicted molar refractivity (Wildman–Crippen MR) is 79.2 cm³/mol. The van der Waals surface area contributed by atoms with Crippen LogP contribution in [0.2, 0.25) is 0 Å². The van der Waals surface area contributed by atoms with Crippen molar-refractivity contribution in [1.29, 1.82) is 0 Å². The largest absolute Gasteiger partial charge is 0.496 e. The fraction of sp³-hybridized carbons (Fsp3) is 0.625. The Balaban J connectivity index is 2.09. The van der Waals surface area contributed by atoms with E-state index in [1.807, 2.05) is 0 Å². The van der Waals surface area contributed by atoms with Gasteiger partial charge in [0.15, 0.2) is 0 Å². The van der Waals surface area contributed by atoms with Crippen LogP contribution in [0, 0.1) is 0 Å². The average molecular weight is 262 g/mol. The second-order valence-electron chi connectivity index (χ2n) is 5.38. The third kappa shape index (κ3) is 3.48. The standard InChI is InChI=1S/C16H26N2O/c1-3-15-6-4-5-9-18(15)12-13-7-8-14(11-17)16(10-13)19-2/h7-8,10,15H,3-6,9,11-12,17H2,1-2H3. The zero-order valence-electron chi connectivity index (χ0n) is 12.2. The van der Waals surface area contributed by atoms with Gasteiger partial charge >= 0.3 is 0 Å². The number of piperidine rings is 1. The van der Waals surface area contributed by atoms with E-state index in [4.69, 9.17) is 10.5 Å². The number of nitrogens with two attached hydrogens (primary N) is 1. The van der Waals surface area contributed by atoms with E-state index in [1.54, 1.807) is 7.11 Å². The number of methoxy groups -OCH3 is 1. The highest BCUT2D eigenvalue weighted by molar-refractivity contribution is 5.37. The summed E-state index contributed by atoms with van der Waals surface area (Å²) in [5, 5.41) is 0. The van der Waals surface area contributed by atoms with E-state index in [2.05, 4.69) is 30.0 Å². The summed E-state index contributed by atoms with van der Waals surface area (Å²) in [6.07, 6.45) is 5.30. The number of benzene rings is 1. The van der Waals surface area contributed by atoms with E-state index in [0.717, 1.165) is 23.9 Å². The Morgan fingerprint density at radius 1 is 1.37 bits per heavy atom. The number of likely N-dealkylation sites (tertiary alicyclic amines) is 1. The summed E-state index contributed by atoms with van der Waals surface area (Å²) in [5.74, 6) is 0.921. The molecule has 0 spiro atoms. The van der Waals surface area contributed by atoms with Crippen molar-refractivity contribution < 1.29 is 4.74 Å². The molecule has 1 saturated heterocycles. The van der Waals surface area contributed by atoms with Gasteiger partial charge in [0.25, 0.3) is 0 Å². The molecule has 0 bridgehead atoms. The molecule has 2 N–H and O–H groups in total. The minimum absolute atomic E-state index is 0.532. The van der Waals surface area contributed by atoms with E-state index < -0.39 is 0 Å². The first kappa shape index (κ1) is 14.4. The topological polar surface area (TPSA) is 38.5 Å². The van der Waals surface area contributed by atoms with Gasteiger partial charge < -0.3 is 10.5 Å². The van der Waals surface area contributed by atoms with E-state index in [0.29, 0.717) is 6.54 Å². The lowest BCUT2D eigenvalue weighted by molar-refractivity contribution is 0.136. The second kappa shape index (κ2) is 6.92. The quantitative estimate of drug-likeness (QED) is 0.886. The van der Waals surface area contributed by atoms with Crippen molar-refractivity contribution in [2.75, 3.05) is 13.7 Å². The van der Waals surface area contributed by atoms with Crippen LogP contribution in [0.25, 0.3) is 0 Å². The van der Waals surface area contributed by atoms with Crippen LogP contribution in [-0.2, 0) is 13.1 Å². The number of rotatable bonds is 5. The Morgan fingerprint density at radius 2 is 2.21 bits per heavy atom. The van der Waals surface area contributed by atoms with Gasteiger partial charge in [-0.25, -0.2) is 0 Å². The molecule has 1 fully saturated rings. The molecule has 3 heteroatoms. The van der Waals surface area contributed by atoms with Gasteiger partial charge in [0.2, 0.25) is 0 Å². The number of hydrogen-bond donors (Lipinski definition) is 1. The molecule has 106 valence electrons. The van der Waals surface area contributed by atoms with Crippen LogP contribution in [0.4, 0.5) is 0 Å². The maximum Gasteiger partial charge on any atom is 0.123 e. The Morgan fingerprint density at radius 3 is 2.89 bits per heavy atom. The second-order valence-corrected chi connectivity index (χ2v) is 5.38. The van der Waals surface area contributed by atoms with Gasteiger partial charge in [-0.3, -0.25) is 4.90 Å². The highest BCUT2D eigenvalue weighted by atomic mass is 16.5. The van der Waals surface area contributed by atoms with Gasteiger partial charge in [-0.2, -0.15) is 0 Å². The summed E-state index contributed by atoms with van der Waals surface area (Å²) in [5.41, 5.74) is 8.12. The van der Waals surface area contributed by atoms with Gasteiger partial charge in [-0.05, 0) is 37.4 Å². The Hall–Kier alpha value is -1.06. The molecular formula is C16H26N2O. The molecule has 1 aromatic carbocycles. The van der Waals surface area contributed by atoms with E-state index in [1.165, 1.54) is 37.8 Å². The highest BCUT2D eigenvalue weighted by Gasteiger charge is 2.20. The summed E-state index contributed by atoms with van der Waals surface area (Å²) in [6.45, 7) is 5.07. The van der Waals surface area contributed by atoms with Gasteiger partial charge in [0, 0.05) is 24.7 Å². The third-order valence-corrected chi connectivity index (χ3v) is 4.18. The van der Waals surface area contributed by atoms with Crippen molar-refractivity contribution in [1.82, 2.24) is 4.90 Å². The van der Waals surface area contributed by atoms with Crippen molar-refractivity contribution in [3.63, 3.8) is 0 Å². The maximum atomic E-state index is 5.71. The zero-order chi connectivity index (χ0) is 13.7. The summed E-state index contributed by atoms with van der Waals surface area (Å²) in [6, 6.07) is 7.17. The van der Waals surface area contributed by atoms with Crippen LogP contribution in [-0.4, -0.2) is 24.6 Å². The molecular weight excluding hydrogens is 236 g/mol. The molecule has 0 saturated carbocycles. The van der Waals surface area contributed by atoms with Gasteiger partial charge in [0.05, 0.1) is 7.11 Å². The van der Waals surface area contributed by atoms with Crippen LogP contribution in [0.1, 0.15) is 43.7 Å². The molecule has 0 aliphatic carbocycles. The summed E-state index contributed by atoms with van der Waals surface area (Å²) >= 11 is 0. The molecule has 0 radical (unpaired) electrons. The third-order valence-electron chi connectivity index (χ3n) is 4.18. The molecule has 1 aliphatic rings. The van der Waals surface area contributed by atoms with Crippen molar-refractivity contribution >= 4 is 0 Å². The van der Waals surface area contributed by atoms with Crippen molar-refractivity contribution in [2.24, 2.45) is 5.73 Å². The highest BCUT2D eigenvalue weighted by Crippen LogP contribution is 2.25. The Labute approximate surface area is 116 Å². The maximum absolute atomic E-state index is 5.71. The summed E-state index contributed by atoms with van der Waals surface area (Å²) in [7, 11) is 1.72. The lowest BCUT2D eigenvalue weighted by Gasteiger charge is -2.35. The first-order chi connectivity index (χ1) is 9.28. The van der Waals surface area contributed by atoms with Crippen molar-refractivity contribution in [3.8, 4) is 5.75 Å². The van der Waals surface area contributed by atoms with Gasteiger partial charge in [-0.15, -0.1) is 0 Å². The fourth-order valence-corrected chi connectivity index (χ4v) is 3.02. The minimum Gasteiger partial charge on any atom is -0.496 e. The molecule has 3 nitrogen and oxygen atoms in total. The number of nitrogens with zero attached hydrogens (tertiary/aromatic N) is 1. The molecule has 1 unspecified atom stereocenters. The first-order valence-electron chi connectivity index (χ1n) is 7.38. The zero-order valence-corrected chi connectivity index (χ0v) is 12.2. The molecule has 0 amide bonds. The van der Waals surface area contributed by atoms with Gasteiger partial charge in [0.1, 0.15) is 5.75 Å². The SMILES string of the molecule is CCC1CCCCN1Cc1ccc(CN)c(OC)c1. The molecule has 1 aliphatic heterocycles. The van der Waals surface area contributed by atoms with E-state index in [-0.39, 0.29) is 0 Å². The van der Waals surface area contributed by atoms with Crippen LogP contribution < -0.4 is 10.5 Å². The average Bonchev–Trinajstić information content (AvgIpc) is 2.47. The molecule has 19 heavy (non-hydrogen) atoms. The summed E-state index contributed by atoms with van der Waals surface area (Å²) < 4.78 is 5.42. The molecule has 1 aromatic rings. The monoisotopic (exact) mass is 262 g/mol. The molecule has 1 atom stereocenters. The number of ether oxygens (including phenoxy) is 1. The Kier molecular flexibility index (Phi) is 5.23. The Bertz CT molecular complexity index is 406. The number of hydrogen-bond acceptors (Lipinski definition) is 3. The lowest BCUT2D eigenvalue weighted by Crippen LogP contribution is -2.38. The van der Waals surface area contributed by atoms with Crippen LogP contribution in [0.5, 0.6) is 5.75 Å². The predicted octanol–water partition coefficient (Wildman–Crippen LogP) is 2.92. The molecule has 2 rings (SSSR count). The lowest BCUT2D eigenvalue weighted by atomic mass is 9.99. The van der Waals surface area contributed by atoms with Crippen LogP contribution >= 0.6 is 0 Å². The van der Waals surface area contributed by atoms with E-state index in [9.17, 15) is 0 Å². The minimum atomic E-state index is 0.532.